The summed E-state index contributed by atoms with van der Waals surface area (Å²) in [7, 11) is -3.69. The molecule has 2 N–H and O–H groups in total. The molecule has 9 heteroatoms. The first-order valence-corrected chi connectivity index (χ1v) is 10.3. The van der Waals surface area contributed by atoms with Gasteiger partial charge in [0.25, 0.3) is 0 Å². The van der Waals surface area contributed by atoms with Gasteiger partial charge < -0.3 is 4.52 Å². The number of fused-ring (bicyclic) bond motifs is 1. The summed E-state index contributed by atoms with van der Waals surface area (Å²) < 4.78 is 19.3. The van der Waals surface area contributed by atoms with Crippen molar-refractivity contribution in [3.8, 4) is 0 Å². The number of nitrogens with zero attached hydrogens (tertiary/aromatic N) is 1. The number of allylic oxidation sites excluding steroid dienone is 1. The fraction of sp³-hybridized carbons (Fsp3) is 0.375. The van der Waals surface area contributed by atoms with Crippen LogP contribution in [0.15, 0.2) is 35.4 Å². The van der Waals surface area contributed by atoms with E-state index in [-0.39, 0.29) is 54.2 Å². The molecule has 1 atom stereocenters. The molecule has 1 aromatic rings. The van der Waals surface area contributed by atoms with Gasteiger partial charge >= 0.3 is 7.67 Å². The van der Waals surface area contributed by atoms with E-state index in [1.807, 2.05) is 0 Å². The monoisotopic (exact) mass is 404 g/mol. The Labute approximate surface area is 156 Å². The molecule has 0 saturated carbocycles. The summed E-state index contributed by atoms with van der Waals surface area (Å²) >= 11 is 11.4. The summed E-state index contributed by atoms with van der Waals surface area (Å²) in [5.74, 6) is -0.171. The molecular weight excluding hydrogens is 386 g/mol. The molecule has 1 aromatic carbocycles. The molecule has 1 aliphatic carbocycles. The van der Waals surface area contributed by atoms with Gasteiger partial charge in [0.15, 0.2) is 11.6 Å². The topological polar surface area (TPSA) is 89.7 Å². The van der Waals surface area contributed by atoms with Crippen LogP contribution in [-0.4, -0.2) is 47.7 Å². The number of alkyl halides is 2. The number of carbonyl (C=O) groups is 2. The molecule has 0 bridgehead atoms. The molecule has 136 valence electrons. The van der Waals surface area contributed by atoms with E-state index in [0.29, 0.717) is 11.1 Å². The Morgan fingerprint density at radius 1 is 1.08 bits per heavy atom. The molecular formula is C16H19Cl2N2O4P. The number of carbonyl (C=O) groups excluding carboxylic acids is 2. The van der Waals surface area contributed by atoms with Crippen LogP contribution in [0, 0.1) is 0 Å². The van der Waals surface area contributed by atoms with Crippen molar-refractivity contribution in [3.63, 3.8) is 0 Å². The summed E-state index contributed by atoms with van der Waals surface area (Å²) in [5.41, 5.74) is 6.88. The predicted octanol–water partition coefficient (Wildman–Crippen LogP) is 3.25. The molecule has 0 radical (unpaired) electrons. The lowest BCUT2D eigenvalue weighted by Crippen LogP contribution is -2.31. The number of Topliss-reactive ketones (excluding diaryl/α,β-unsaturated/α-hetero) is 2. The minimum Gasteiger partial charge on any atom is -0.301 e. The van der Waals surface area contributed by atoms with Crippen LogP contribution in [0.25, 0.3) is 0 Å². The fourth-order valence-corrected chi connectivity index (χ4v) is 4.43. The molecule has 0 amide bonds. The number of ketones is 2. The van der Waals surface area contributed by atoms with Crippen molar-refractivity contribution in [1.82, 2.24) is 4.67 Å². The van der Waals surface area contributed by atoms with Gasteiger partial charge in [-0.05, 0) is 6.92 Å². The van der Waals surface area contributed by atoms with E-state index in [2.05, 4.69) is 0 Å². The Morgan fingerprint density at radius 2 is 1.60 bits per heavy atom. The van der Waals surface area contributed by atoms with E-state index < -0.39 is 7.67 Å². The zero-order valence-electron chi connectivity index (χ0n) is 13.7. The number of benzene rings is 1. The van der Waals surface area contributed by atoms with Crippen molar-refractivity contribution in [2.45, 2.75) is 6.92 Å². The Hall–Kier alpha value is -1.01. The largest absolute Gasteiger partial charge is 0.341 e. The van der Waals surface area contributed by atoms with Gasteiger partial charge in [-0.1, -0.05) is 24.3 Å². The first kappa shape index (κ1) is 20.3. The lowest BCUT2D eigenvalue weighted by molar-refractivity contribution is 0.0964. The number of hydrogen-bond acceptors (Lipinski definition) is 4. The van der Waals surface area contributed by atoms with Crippen LogP contribution in [0.4, 0.5) is 0 Å². The van der Waals surface area contributed by atoms with E-state index >= 15 is 0 Å². The average molecular weight is 405 g/mol. The first-order chi connectivity index (χ1) is 11.8. The van der Waals surface area contributed by atoms with Crippen LogP contribution in [0.3, 0.4) is 0 Å². The molecule has 0 aliphatic heterocycles. The second-order valence-electron chi connectivity index (χ2n) is 5.48. The average Bonchev–Trinajstić information content (AvgIpc) is 2.59. The highest BCUT2D eigenvalue weighted by atomic mass is 35.5. The minimum absolute atomic E-state index is 0.158. The van der Waals surface area contributed by atoms with Crippen LogP contribution in [0.1, 0.15) is 27.6 Å². The van der Waals surface area contributed by atoms with Crippen molar-refractivity contribution >= 4 is 42.4 Å². The van der Waals surface area contributed by atoms with Crippen LogP contribution in [-0.2, 0) is 9.09 Å². The highest BCUT2D eigenvalue weighted by molar-refractivity contribution is 7.53. The fourth-order valence-electron chi connectivity index (χ4n) is 2.55. The maximum atomic E-state index is 12.6. The number of nitrogens with two attached hydrogens (primary N) is 1. The quantitative estimate of drug-likeness (QED) is 0.528. The molecule has 25 heavy (non-hydrogen) atoms. The van der Waals surface area contributed by atoms with Gasteiger partial charge in [0.1, 0.15) is 0 Å². The maximum Gasteiger partial charge on any atom is 0.341 e. The van der Waals surface area contributed by atoms with Crippen molar-refractivity contribution in [1.29, 1.82) is 0 Å². The summed E-state index contributed by atoms with van der Waals surface area (Å²) in [4.78, 5) is 25.1. The first-order valence-electron chi connectivity index (χ1n) is 7.62. The number of rotatable bonds is 8. The molecule has 0 heterocycles. The molecule has 2 rings (SSSR count). The zero-order valence-corrected chi connectivity index (χ0v) is 16.1. The highest BCUT2D eigenvalue weighted by Crippen LogP contribution is 2.43. The van der Waals surface area contributed by atoms with E-state index in [1.54, 1.807) is 31.2 Å². The molecule has 1 aliphatic rings. The molecule has 0 aromatic heterocycles. The molecule has 0 spiro atoms. The predicted molar refractivity (Wildman–Crippen MR) is 98.6 cm³/mol. The van der Waals surface area contributed by atoms with Crippen LogP contribution in [0.5, 0.6) is 0 Å². The van der Waals surface area contributed by atoms with Crippen molar-refractivity contribution in [2.24, 2.45) is 5.50 Å². The maximum absolute atomic E-state index is 12.6. The van der Waals surface area contributed by atoms with Gasteiger partial charge in [-0.25, -0.2) is 10.2 Å². The molecule has 6 nitrogen and oxygen atoms in total. The third-order valence-corrected chi connectivity index (χ3v) is 5.98. The summed E-state index contributed by atoms with van der Waals surface area (Å²) in [5, 5.41) is 0. The summed E-state index contributed by atoms with van der Waals surface area (Å²) in [6.45, 7) is 1.69. The third kappa shape index (κ3) is 4.40. The Kier molecular flexibility index (Phi) is 6.97. The van der Waals surface area contributed by atoms with Crippen molar-refractivity contribution < 1.29 is 18.7 Å². The molecule has 0 fully saturated rings. The van der Waals surface area contributed by atoms with E-state index in [0.717, 1.165) is 0 Å². The lowest BCUT2D eigenvalue weighted by atomic mass is 9.85. The Bertz CT molecular complexity index is 760. The normalized spacial score (nSPS) is 17.0. The van der Waals surface area contributed by atoms with Gasteiger partial charge in [0.2, 0.25) is 0 Å². The SMILES string of the molecule is CC1=C(COP(N)(=O)N(CCCl)CCCl)C(=O)c2ccccc2C1=O. The van der Waals surface area contributed by atoms with E-state index in [1.165, 1.54) is 4.67 Å². The summed E-state index contributed by atoms with van der Waals surface area (Å²) in [6.07, 6.45) is 0. The summed E-state index contributed by atoms with van der Waals surface area (Å²) in [6, 6.07) is 6.56. The van der Waals surface area contributed by atoms with Gasteiger partial charge in [-0.3, -0.25) is 14.2 Å². The molecule has 1 unspecified atom stereocenters. The van der Waals surface area contributed by atoms with Crippen LogP contribution in [0.2, 0.25) is 0 Å². The van der Waals surface area contributed by atoms with Gasteiger partial charge in [-0.15, -0.1) is 23.2 Å². The second-order valence-corrected chi connectivity index (χ2v) is 8.18. The Balaban J connectivity index is 2.22. The van der Waals surface area contributed by atoms with Gasteiger partial charge in [-0.2, -0.15) is 0 Å². The standard InChI is InChI=1S/C16H19Cl2N2O4P/c1-11-14(10-24-25(19,23)20(8-6-17)9-7-18)16(22)13-5-3-2-4-12(13)15(11)21/h2-5H,6-10H2,1H3,(H2,19,23). The van der Waals surface area contributed by atoms with E-state index in [9.17, 15) is 14.2 Å². The Morgan fingerprint density at radius 3 is 2.12 bits per heavy atom. The minimum atomic E-state index is -3.69. The van der Waals surface area contributed by atoms with E-state index in [4.69, 9.17) is 33.2 Å². The highest BCUT2D eigenvalue weighted by Gasteiger charge is 2.33. The second kappa shape index (κ2) is 8.58. The van der Waals surface area contributed by atoms with Crippen LogP contribution < -0.4 is 5.50 Å². The third-order valence-electron chi connectivity index (χ3n) is 3.96. The number of hydrogen-bond donors (Lipinski definition) is 1. The van der Waals surface area contributed by atoms with Gasteiger partial charge in [0, 0.05) is 47.1 Å². The zero-order chi connectivity index (χ0) is 18.6. The smallest absolute Gasteiger partial charge is 0.301 e. The van der Waals surface area contributed by atoms with Crippen molar-refractivity contribution in [2.75, 3.05) is 31.5 Å². The van der Waals surface area contributed by atoms with Crippen molar-refractivity contribution in [3.05, 3.63) is 46.5 Å². The molecule has 0 saturated heterocycles. The number of halogens is 2. The van der Waals surface area contributed by atoms with Gasteiger partial charge in [0.05, 0.1) is 6.61 Å². The van der Waals surface area contributed by atoms with Crippen LogP contribution >= 0.6 is 30.9 Å². The lowest BCUT2D eigenvalue weighted by Gasteiger charge is -2.27.